The van der Waals surface area contributed by atoms with Crippen molar-refractivity contribution in [1.29, 1.82) is 0 Å². The quantitative estimate of drug-likeness (QED) is 0.166. The molecule has 0 unspecified atom stereocenters. The van der Waals surface area contributed by atoms with Crippen molar-refractivity contribution < 1.29 is 8.83 Å². The Labute approximate surface area is 417 Å². The highest BCUT2D eigenvalue weighted by Crippen LogP contribution is 2.53. The van der Waals surface area contributed by atoms with Crippen LogP contribution in [0.15, 0.2) is 227 Å². The molecule has 0 saturated carbocycles. The molecule has 2 heterocycles. The van der Waals surface area contributed by atoms with E-state index in [0.29, 0.717) is 0 Å². The van der Waals surface area contributed by atoms with Crippen molar-refractivity contribution in [3.8, 4) is 22.3 Å². The molecule has 11 aromatic carbocycles. The minimum Gasteiger partial charge on any atom is -0.456 e. The first-order valence-electron chi connectivity index (χ1n) is 25.1. The minimum atomic E-state index is -0.108. The van der Waals surface area contributed by atoms with Crippen LogP contribution in [0, 0.1) is 0 Å². The summed E-state index contributed by atoms with van der Waals surface area (Å²) in [5.74, 6) is 0. The van der Waals surface area contributed by atoms with Gasteiger partial charge in [-0.3, -0.25) is 0 Å². The second-order valence-corrected chi connectivity index (χ2v) is 20.9. The van der Waals surface area contributed by atoms with Crippen molar-refractivity contribution in [2.45, 2.75) is 38.5 Å². The van der Waals surface area contributed by atoms with Gasteiger partial charge in [0.1, 0.15) is 22.3 Å². The summed E-state index contributed by atoms with van der Waals surface area (Å²) in [7, 11) is 0. The highest BCUT2D eigenvalue weighted by Gasteiger charge is 2.37. The Hall–Kier alpha value is -8.86. The summed E-state index contributed by atoms with van der Waals surface area (Å²) in [6.07, 6.45) is 0. The zero-order valence-electron chi connectivity index (χ0n) is 40.5. The number of rotatable bonds is 6. The highest BCUT2D eigenvalue weighted by atomic mass is 16.3. The van der Waals surface area contributed by atoms with E-state index in [1.807, 2.05) is 0 Å². The van der Waals surface area contributed by atoms with Crippen LogP contribution in [0.4, 0.5) is 34.1 Å². The Bertz CT molecular complexity index is 4400. The lowest BCUT2D eigenvalue weighted by Crippen LogP contribution is -2.16. The van der Waals surface area contributed by atoms with Gasteiger partial charge < -0.3 is 18.6 Å². The minimum absolute atomic E-state index is 0.108. The number of para-hydroxylation sites is 2. The molecular formula is C68H48N2O2. The molecule has 4 nitrogen and oxygen atoms in total. The number of hydrogen-bond acceptors (Lipinski definition) is 4. The molecule has 0 bridgehead atoms. The van der Waals surface area contributed by atoms with Gasteiger partial charge in [0.05, 0.1) is 5.39 Å². The fourth-order valence-electron chi connectivity index (χ4n) is 12.5. The van der Waals surface area contributed by atoms with Crippen LogP contribution in [-0.2, 0) is 10.8 Å². The summed E-state index contributed by atoms with van der Waals surface area (Å²) in [5, 5.41) is 8.72. The van der Waals surface area contributed by atoms with Gasteiger partial charge in [0.2, 0.25) is 0 Å². The Balaban J connectivity index is 0.827. The Kier molecular flexibility index (Phi) is 8.44. The summed E-state index contributed by atoms with van der Waals surface area (Å²) in [4.78, 5) is 4.75. The van der Waals surface area contributed by atoms with E-state index < -0.39 is 0 Å². The first-order chi connectivity index (χ1) is 35.2. The first kappa shape index (κ1) is 41.0. The molecule has 0 atom stereocenters. The third-order valence-corrected chi connectivity index (χ3v) is 16.2. The van der Waals surface area contributed by atoms with Crippen molar-refractivity contribution in [2.75, 3.05) is 9.80 Å². The molecule has 342 valence electrons. The van der Waals surface area contributed by atoms with E-state index in [9.17, 15) is 0 Å². The molecule has 0 amide bonds. The lowest BCUT2D eigenvalue weighted by molar-refractivity contribution is 0.660. The van der Waals surface area contributed by atoms with Crippen LogP contribution in [0.3, 0.4) is 0 Å². The van der Waals surface area contributed by atoms with Crippen LogP contribution >= 0.6 is 0 Å². The Morgan fingerprint density at radius 2 is 0.736 bits per heavy atom. The normalized spacial score (nSPS) is 14.1. The summed E-state index contributed by atoms with van der Waals surface area (Å²) in [6, 6.07) is 79.8. The molecule has 0 saturated heterocycles. The van der Waals surface area contributed by atoms with Crippen LogP contribution < -0.4 is 9.80 Å². The Morgan fingerprint density at radius 1 is 0.292 bits per heavy atom. The zero-order valence-corrected chi connectivity index (χ0v) is 40.5. The van der Waals surface area contributed by atoms with Crippen molar-refractivity contribution in [1.82, 2.24) is 0 Å². The SMILES string of the molecule is CC1(C)c2ccccc2-c2ccc(N(c3ccccc3)c3ccc4cc5c(cc4c3)oc3c5ccc4oc5cc6cc(N(c7ccccc7)c7ccc8c(c7)C(C)(C)c7ccccc7-8)ccc6cc5c43)cc21. The molecule has 72 heavy (non-hydrogen) atoms. The molecule has 0 radical (unpaired) electrons. The van der Waals surface area contributed by atoms with Gasteiger partial charge in [0, 0.05) is 61.1 Å². The van der Waals surface area contributed by atoms with Gasteiger partial charge in [-0.15, -0.1) is 0 Å². The third-order valence-electron chi connectivity index (χ3n) is 16.2. The van der Waals surface area contributed by atoms with Gasteiger partial charge in [-0.05, 0) is 175 Å². The van der Waals surface area contributed by atoms with Crippen molar-refractivity contribution in [3.63, 3.8) is 0 Å². The maximum atomic E-state index is 6.96. The molecule has 0 aliphatic heterocycles. The molecule has 4 heteroatoms. The van der Waals surface area contributed by atoms with E-state index in [1.54, 1.807) is 0 Å². The molecule has 2 aliphatic carbocycles. The van der Waals surface area contributed by atoms with E-state index in [0.717, 1.165) is 99.5 Å². The molecule has 0 N–H and O–H groups in total. The van der Waals surface area contributed by atoms with Gasteiger partial charge in [-0.25, -0.2) is 0 Å². The predicted octanol–water partition coefficient (Wildman–Crippen LogP) is 19.3. The fourth-order valence-corrected chi connectivity index (χ4v) is 12.5. The summed E-state index contributed by atoms with van der Waals surface area (Å²) in [6.45, 7) is 9.37. The largest absolute Gasteiger partial charge is 0.456 e. The number of benzene rings is 11. The molecule has 0 fully saturated rings. The van der Waals surface area contributed by atoms with Gasteiger partial charge in [-0.1, -0.05) is 137 Å². The van der Waals surface area contributed by atoms with E-state index >= 15 is 0 Å². The van der Waals surface area contributed by atoms with Crippen molar-refractivity contribution in [3.05, 3.63) is 241 Å². The maximum absolute atomic E-state index is 6.96. The number of furan rings is 2. The summed E-state index contributed by atoms with van der Waals surface area (Å²) < 4.78 is 13.7. The van der Waals surface area contributed by atoms with E-state index in [1.165, 1.54) is 44.5 Å². The van der Waals surface area contributed by atoms with Crippen LogP contribution in [-0.4, -0.2) is 0 Å². The number of fused-ring (bicyclic) bond motifs is 15. The van der Waals surface area contributed by atoms with Crippen molar-refractivity contribution >= 4 is 99.5 Å². The smallest absolute Gasteiger partial charge is 0.147 e. The third kappa shape index (κ3) is 5.87. The van der Waals surface area contributed by atoms with E-state index in [4.69, 9.17) is 8.83 Å². The highest BCUT2D eigenvalue weighted by molar-refractivity contribution is 6.24. The van der Waals surface area contributed by atoms with Crippen LogP contribution in [0.5, 0.6) is 0 Å². The van der Waals surface area contributed by atoms with E-state index in [2.05, 4.69) is 256 Å². The van der Waals surface area contributed by atoms with Crippen LogP contribution in [0.2, 0.25) is 0 Å². The van der Waals surface area contributed by atoms with Gasteiger partial charge in [0.15, 0.2) is 0 Å². The topological polar surface area (TPSA) is 32.8 Å². The maximum Gasteiger partial charge on any atom is 0.147 e. The number of nitrogens with zero attached hydrogens (tertiary/aromatic N) is 2. The van der Waals surface area contributed by atoms with Gasteiger partial charge in [0.25, 0.3) is 0 Å². The zero-order chi connectivity index (χ0) is 48.0. The number of hydrogen-bond donors (Lipinski definition) is 0. The molecule has 15 rings (SSSR count). The van der Waals surface area contributed by atoms with Crippen LogP contribution in [0.1, 0.15) is 49.9 Å². The molecule has 0 spiro atoms. The molecular weight excluding hydrogens is 877 g/mol. The lowest BCUT2D eigenvalue weighted by Gasteiger charge is -2.28. The molecule has 13 aromatic rings. The van der Waals surface area contributed by atoms with Gasteiger partial charge in [-0.2, -0.15) is 0 Å². The average molecular weight is 925 g/mol. The second-order valence-electron chi connectivity index (χ2n) is 20.9. The van der Waals surface area contributed by atoms with Gasteiger partial charge >= 0.3 is 0 Å². The lowest BCUT2D eigenvalue weighted by atomic mass is 9.82. The second kappa shape index (κ2) is 14.8. The monoisotopic (exact) mass is 924 g/mol. The standard InChI is InChI=1S/C68H48N2O2/c1-67(2)58-21-13-11-19-51(58)53-29-27-49(39-60(53)67)69(45-15-7-5-8-16-45)47-25-23-41-35-56-55-31-32-62-65(66(55)72-63(56)37-43(41)33-47)57-36-42-24-26-48(34-44(42)38-64(57)71-62)70(46-17-9-6-10-18-46)50-28-30-54-52-20-12-14-22-59(52)68(3,4)61(54)40-50/h5-40H,1-4H3. The van der Waals surface area contributed by atoms with E-state index in [-0.39, 0.29) is 10.8 Å². The predicted molar refractivity (Wildman–Crippen MR) is 301 cm³/mol. The average Bonchev–Trinajstić information content (AvgIpc) is 4.09. The Morgan fingerprint density at radius 3 is 1.28 bits per heavy atom. The summed E-state index contributed by atoms with van der Waals surface area (Å²) in [5.41, 5.74) is 20.5. The van der Waals surface area contributed by atoms with Crippen molar-refractivity contribution in [2.24, 2.45) is 0 Å². The first-order valence-corrected chi connectivity index (χ1v) is 25.1. The van der Waals surface area contributed by atoms with Crippen LogP contribution in [0.25, 0.3) is 87.7 Å². The fraction of sp³-hybridized carbons (Fsp3) is 0.0882. The molecule has 2 aliphatic rings. The molecule has 2 aromatic heterocycles. The number of anilines is 6. The summed E-state index contributed by atoms with van der Waals surface area (Å²) >= 11 is 0.